The van der Waals surface area contributed by atoms with Crippen LogP contribution in [0.1, 0.15) is 25.0 Å². The van der Waals surface area contributed by atoms with E-state index in [-0.39, 0.29) is 5.41 Å². The minimum absolute atomic E-state index is 0.0775. The van der Waals surface area contributed by atoms with Gasteiger partial charge in [-0.25, -0.2) is 9.97 Å². The number of rotatable bonds is 5. The summed E-state index contributed by atoms with van der Waals surface area (Å²) in [6, 6.07) is 70.1. The van der Waals surface area contributed by atoms with Crippen molar-refractivity contribution >= 4 is 32.3 Å². The van der Waals surface area contributed by atoms with Gasteiger partial charge in [0.05, 0.1) is 11.4 Å². The van der Waals surface area contributed by atoms with E-state index in [2.05, 4.69) is 202 Å². The molecule has 0 fully saturated rings. The Balaban J connectivity index is 0.981. The van der Waals surface area contributed by atoms with Crippen LogP contribution >= 0.6 is 0 Å². The highest BCUT2D eigenvalue weighted by molar-refractivity contribution is 6.05. The normalized spacial score (nSPS) is 12.9. The van der Waals surface area contributed by atoms with Crippen molar-refractivity contribution in [2.45, 2.75) is 19.3 Å². The van der Waals surface area contributed by atoms with Gasteiger partial charge < -0.3 is 0 Å². The largest absolute Gasteiger partial charge is 0.228 e. The molecule has 57 heavy (non-hydrogen) atoms. The monoisotopic (exact) mass is 726 g/mol. The van der Waals surface area contributed by atoms with Crippen LogP contribution in [0.2, 0.25) is 0 Å². The Morgan fingerprint density at radius 1 is 0.333 bits per heavy atom. The quantitative estimate of drug-likeness (QED) is 0.176. The van der Waals surface area contributed by atoms with Crippen molar-refractivity contribution in [2.24, 2.45) is 0 Å². The third-order valence-corrected chi connectivity index (χ3v) is 12.1. The van der Waals surface area contributed by atoms with Gasteiger partial charge in [-0.3, -0.25) is 0 Å². The first-order valence-electron chi connectivity index (χ1n) is 19.7. The first-order valence-corrected chi connectivity index (χ1v) is 19.7. The fourth-order valence-corrected chi connectivity index (χ4v) is 9.10. The van der Waals surface area contributed by atoms with Gasteiger partial charge in [0.1, 0.15) is 0 Å². The van der Waals surface area contributed by atoms with Gasteiger partial charge in [-0.2, -0.15) is 0 Å². The summed E-state index contributed by atoms with van der Waals surface area (Å²) in [5, 5.41) is 7.33. The number of fused-ring (bicyclic) bond motifs is 7. The molecule has 2 nitrogen and oxygen atoms in total. The lowest BCUT2D eigenvalue weighted by molar-refractivity contribution is 0.661. The number of hydrogen-bond donors (Lipinski definition) is 0. The van der Waals surface area contributed by atoms with Crippen molar-refractivity contribution < 1.29 is 0 Å². The molecule has 1 aliphatic carbocycles. The first-order chi connectivity index (χ1) is 28.0. The second-order valence-electron chi connectivity index (χ2n) is 15.8. The highest BCUT2D eigenvalue weighted by Crippen LogP contribution is 2.52. The molecule has 0 spiro atoms. The molecule has 1 aromatic heterocycles. The molecule has 9 aromatic carbocycles. The Hall–Kier alpha value is -7.16. The van der Waals surface area contributed by atoms with E-state index >= 15 is 0 Å². The van der Waals surface area contributed by atoms with Gasteiger partial charge in [0.2, 0.25) is 0 Å². The van der Waals surface area contributed by atoms with Crippen molar-refractivity contribution in [2.75, 3.05) is 0 Å². The summed E-state index contributed by atoms with van der Waals surface area (Å²) in [5.74, 6) is 0.715. The topological polar surface area (TPSA) is 25.8 Å². The molecule has 11 rings (SSSR count). The van der Waals surface area contributed by atoms with E-state index in [9.17, 15) is 0 Å². The van der Waals surface area contributed by atoms with Crippen LogP contribution < -0.4 is 0 Å². The lowest BCUT2D eigenvalue weighted by Gasteiger charge is -2.22. The Labute approximate surface area is 332 Å². The summed E-state index contributed by atoms with van der Waals surface area (Å²) in [6.07, 6.45) is 0. The van der Waals surface area contributed by atoms with Gasteiger partial charge in [-0.15, -0.1) is 0 Å². The maximum Gasteiger partial charge on any atom is 0.161 e. The predicted molar refractivity (Wildman–Crippen MR) is 239 cm³/mol. The number of hydrogen-bond acceptors (Lipinski definition) is 2. The first kappa shape index (κ1) is 33.2. The van der Waals surface area contributed by atoms with E-state index in [0.29, 0.717) is 5.82 Å². The van der Waals surface area contributed by atoms with Gasteiger partial charge in [0.25, 0.3) is 0 Å². The fourth-order valence-electron chi connectivity index (χ4n) is 9.10. The molecule has 1 aliphatic rings. The summed E-state index contributed by atoms with van der Waals surface area (Å²) < 4.78 is 0. The summed E-state index contributed by atoms with van der Waals surface area (Å²) in [5.41, 5.74) is 15.2. The second kappa shape index (κ2) is 13.0. The van der Waals surface area contributed by atoms with E-state index in [1.165, 1.54) is 71.4 Å². The van der Waals surface area contributed by atoms with Crippen molar-refractivity contribution in [3.05, 3.63) is 205 Å². The molecule has 268 valence electrons. The van der Waals surface area contributed by atoms with Crippen LogP contribution in [0.4, 0.5) is 0 Å². The summed E-state index contributed by atoms with van der Waals surface area (Å²) in [7, 11) is 0. The smallest absolute Gasteiger partial charge is 0.161 e. The predicted octanol–water partition coefficient (Wildman–Crippen LogP) is 14.6. The molecule has 0 saturated carbocycles. The van der Waals surface area contributed by atoms with Crippen LogP contribution in [0.5, 0.6) is 0 Å². The maximum atomic E-state index is 5.26. The highest BCUT2D eigenvalue weighted by atomic mass is 14.9. The third kappa shape index (κ3) is 5.48. The van der Waals surface area contributed by atoms with Crippen LogP contribution in [0.3, 0.4) is 0 Å². The molecule has 0 saturated heterocycles. The zero-order chi connectivity index (χ0) is 38.1. The molecule has 0 aliphatic heterocycles. The van der Waals surface area contributed by atoms with E-state index in [4.69, 9.17) is 9.97 Å². The van der Waals surface area contributed by atoms with Gasteiger partial charge in [0.15, 0.2) is 5.82 Å². The molecule has 0 N–H and O–H groups in total. The van der Waals surface area contributed by atoms with Crippen LogP contribution in [0.25, 0.3) is 99.6 Å². The Morgan fingerprint density at radius 2 is 0.895 bits per heavy atom. The highest BCUT2D eigenvalue weighted by Gasteiger charge is 2.36. The lowest BCUT2D eigenvalue weighted by Crippen LogP contribution is -2.15. The molecule has 10 aromatic rings. The standard InChI is InChI=1S/C55H38N2/c1-55(2)49-31-27-37-13-8-9-17-44(37)53(49)48-28-26-41(33-50(48)55)36-20-23-38(24-21-36)43-29-30-47(46-19-11-10-18-45(43)46)54-56-51(39-14-4-3-5-15-39)34-52(57-54)42-25-22-35-12-6-7-16-40(35)32-42/h3-34H,1-2H3. The molecule has 0 radical (unpaired) electrons. The minimum Gasteiger partial charge on any atom is -0.228 e. The molecule has 1 heterocycles. The van der Waals surface area contributed by atoms with E-state index in [0.717, 1.165) is 33.5 Å². The van der Waals surface area contributed by atoms with E-state index < -0.39 is 0 Å². The maximum absolute atomic E-state index is 5.26. The molecule has 0 bridgehead atoms. The molecule has 0 unspecified atom stereocenters. The van der Waals surface area contributed by atoms with Gasteiger partial charge in [0, 0.05) is 22.1 Å². The van der Waals surface area contributed by atoms with Gasteiger partial charge in [-0.05, 0) is 101 Å². The van der Waals surface area contributed by atoms with Crippen molar-refractivity contribution in [1.29, 1.82) is 0 Å². The third-order valence-electron chi connectivity index (χ3n) is 12.1. The Bertz CT molecular complexity index is 3190. The molecule has 2 heteroatoms. The Morgan fingerprint density at radius 3 is 1.68 bits per heavy atom. The SMILES string of the molecule is CC1(C)c2cc(-c3ccc(-c4ccc(-c5nc(-c6ccccc6)cc(-c6ccc7ccccc7c6)n5)c5ccccc45)cc3)ccc2-c2c1ccc1ccccc21. The molecule has 0 atom stereocenters. The number of nitrogens with zero attached hydrogens (tertiary/aromatic N) is 2. The van der Waals surface area contributed by atoms with Crippen molar-refractivity contribution in [3.63, 3.8) is 0 Å². The summed E-state index contributed by atoms with van der Waals surface area (Å²) in [4.78, 5) is 10.5. The Kier molecular flexibility index (Phi) is 7.55. The summed E-state index contributed by atoms with van der Waals surface area (Å²) >= 11 is 0. The van der Waals surface area contributed by atoms with E-state index in [1.54, 1.807) is 0 Å². The zero-order valence-electron chi connectivity index (χ0n) is 31.9. The molecule has 0 amide bonds. The fraction of sp³-hybridized carbons (Fsp3) is 0.0545. The van der Waals surface area contributed by atoms with Crippen molar-refractivity contribution in [3.8, 4) is 67.3 Å². The average Bonchev–Trinajstić information content (AvgIpc) is 3.51. The lowest BCUT2D eigenvalue weighted by atomic mass is 9.81. The van der Waals surface area contributed by atoms with Crippen LogP contribution in [-0.2, 0) is 5.41 Å². The van der Waals surface area contributed by atoms with E-state index in [1.807, 2.05) is 6.07 Å². The minimum atomic E-state index is -0.0775. The van der Waals surface area contributed by atoms with Gasteiger partial charge in [-0.1, -0.05) is 184 Å². The second-order valence-corrected chi connectivity index (χ2v) is 15.8. The van der Waals surface area contributed by atoms with Crippen LogP contribution in [-0.4, -0.2) is 9.97 Å². The molecular formula is C55H38N2. The van der Waals surface area contributed by atoms with Crippen LogP contribution in [0.15, 0.2) is 194 Å². The summed E-state index contributed by atoms with van der Waals surface area (Å²) in [6.45, 7) is 4.72. The average molecular weight is 727 g/mol. The van der Waals surface area contributed by atoms with Crippen LogP contribution in [0, 0.1) is 0 Å². The molecular weight excluding hydrogens is 689 g/mol. The van der Waals surface area contributed by atoms with Gasteiger partial charge >= 0.3 is 0 Å². The number of aromatic nitrogens is 2. The van der Waals surface area contributed by atoms with Crippen molar-refractivity contribution in [1.82, 2.24) is 9.97 Å². The number of benzene rings is 9. The zero-order valence-corrected chi connectivity index (χ0v) is 31.9.